The van der Waals surface area contributed by atoms with Crippen LogP contribution in [-0.2, 0) is 4.79 Å². The van der Waals surface area contributed by atoms with E-state index in [-0.39, 0.29) is 11.7 Å². The maximum atomic E-state index is 12.1. The van der Waals surface area contributed by atoms with Gasteiger partial charge in [-0.3, -0.25) is 4.79 Å². The molecule has 0 radical (unpaired) electrons. The number of nitrogens with zero attached hydrogens (tertiary/aromatic N) is 3. The number of anilines is 1. The molecule has 1 fully saturated rings. The molecule has 0 bridgehead atoms. The number of benzene rings is 1. The molecule has 6 nitrogen and oxygen atoms in total. The number of nitrogens with one attached hydrogen (secondary N) is 1. The second-order valence-electron chi connectivity index (χ2n) is 5.86. The number of thioether (sulfide) groups is 1. The Hall–Kier alpha value is -1.54. The lowest BCUT2D eigenvalue weighted by Crippen LogP contribution is -2.19. The molecule has 3 N–H and O–H groups in total. The Kier molecular flexibility index (Phi) is 5.78. The molecule has 1 aliphatic carbocycles. The number of nitrogens with two attached hydrogens (primary N) is 1. The Morgan fingerprint density at radius 3 is 2.79 bits per heavy atom. The number of carbonyl (C=O) groups is 1. The van der Waals surface area contributed by atoms with Crippen LogP contribution in [0, 0.1) is 0 Å². The molecule has 8 heteroatoms. The summed E-state index contributed by atoms with van der Waals surface area (Å²) in [4.78, 5) is 12.1. The zero-order valence-electron chi connectivity index (χ0n) is 13.2. The fourth-order valence-electron chi connectivity index (χ4n) is 2.90. The molecular weight excluding hydrogens is 390 g/mol. The van der Waals surface area contributed by atoms with Crippen LogP contribution >= 0.6 is 27.7 Å². The van der Waals surface area contributed by atoms with Crippen molar-refractivity contribution in [3.8, 4) is 0 Å². The molecule has 1 aromatic heterocycles. The maximum absolute atomic E-state index is 12.1. The third-order valence-electron chi connectivity index (χ3n) is 4.14. The van der Waals surface area contributed by atoms with Crippen molar-refractivity contribution in [3.05, 3.63) is 34.6 Å². The Bertz CT molecular complexity index is 714. The molecule has 1 aromatic carbocycles. The minimum absolute atomic E-state index is 0.103. The number of amides is 1. The molecule has 128 valence electrons. The minimum atomic E-state index is -0.103. The number of aromatic nitrogens is 3. The number of hydrogen-bond acceptors (Lipinski definition) is 5. The van der Waals surface area contributed by atoms with Gasteiger partial charge in [0, 0.05) is 10.4 Å². The molecule has 24 heavy (non-hydrogen) atoms. The third-order valence-corrected chi connectivity index (χ3v) is 5.78. The van der Waals surface area contributed by atoms with Crippen molar-refractivity contribution >= 4 is 39.3 Å². The van der Waals surface area contributed by atoms with Gasteiger partial charge in [-0.2, -0.15) is 0 Å². The standard InChI is InChI=1S/C16H20BrN5OS/c17-12-8-4-5-9-13(12)19-14(23)10-24-16-21-20-15(22(16)18)11-6-2-1-3-7-11/h4-5,8-9,11H,1-3,6-7,10,18H2,(H,19,23). The number of para-hydroxylation sites is 1. The summed E-state index contributed by atoms with van der Waals surface area (Å²) in [7, 11) is 0. The Labute approximate surface area is 153 Å². The Morgan fingerprint density at radius 1 is 1.29 bits per heavy atom. The first-order valence-corrected chi connectivity index (χ1v) is 9.80. The lowest BCUT2D eigenvalue weighted by molar-refractivity contribution is -0.113. The number of carbonyl (C=O) groups excluding carboxylic acids is 1. The Balaban J connectivity index is 1.57. The maximum Gasteiger partial charge on any atom is 0.234 e. The second-order valence-corrected chi connectivity index (χ2v) is 7.66. The lowest BCUT2D eigenvalue weighted by Gasteiger charge is -2.20. The molecule has 1 heterocycles. The van der Waals surface area contributed by atoms with Gasteiger partial charge < -0.3 is 11.2 Å². The lowest BCUT2D eigenvalue weighted by atomic mass is 9.89. The van der Waals surface area contributed by atoms with Gasteiger partial charge in [0.05, 0.1) is 11.4 Å². The van der Waals surface area contributed by atoms with Crippen LogP contribution in [-0.4, -0.2) is 26.5 Å². The zero-order valence-corrected chi connectivity index (χ0v) is 15.6. The number of rotatable bonds is 5. The topological polar surface area (TPSA) is 85.8 Å². The van der Waals surface area contributed by atoms with Crippen molar-refractivity contribution < 1.29 is 4.79 Å². The van der Waals surface area contributed by atoms with Gasteiger partial charge >= 0.3 is 0 Å². The van der Waals surface area contributed by atoms with Gasteiger partial charge in [-0.25, -0.2) is 4.68 Å². The van der Waals surface area contributed by atoms with Crippen LogP contribution in [0.25, 0.3) is 0 Å². The van der Waals surface area contributed by atoms with Crippen molar-refractivity contribution in [3.63, 3.8) is 0 Å². The molecular formula is C16H20BrN5OS. The summed E-state index contributed by atoms with van der Waals surface area (Å²) in [5.41, 5.74) is 0.750. The van der Waals surface area contributed by atoms with E-state index in [1.54, 1.807) is 4.68 Å². The summed E-state index contributed by atoms with van der Waals surface area (Å²) < 4.78 is 2.40. The molecule has 1 aliphatic rings. The highest BCUT2D eigenvalue weighted by Gasteiger charge is 2.22. The van der Waals surface area contributed by atoms with E-state index in [1.807, 2.05) is 24.3 Å². The van der Waals surface area contributed by atoms with Crippen molar-refractivity contribution in [1.29, 1.82) is 0 Å². The van der Waals surface area contributed by atoms with E-state index in [4.69, 9.17) is 5.84 Å². The summed E-state index contributed by atoms with van der Waals surface area (Å²) in [5, 5.41) is 11.8. The fraction of sp³-hybridized carbons (Fsp3) is 0.438. The smallest absolute Gasteiger partial charge is 0.234 e. The van der Waals surface area contributed by atoms with Gasteiger partial charge in [-0.1, -0.05) is 43.2 Å². The molecule has 0 aliphatic heterocycles. The fourth-order valence-corrected chi connectivity index (χ4v) is 3.95. The van der Waals surface area contributed by atoms with Crippen molar-refractivity contribution in [1.82, 2.24) is 14.9 Å². The minimum Gasteiger partial charge on any atom is -0.336 e. The summed E-state index contributed by atoms with van der Waals surface area (Å²) in [6.45, 7) is 0. The monoisotopic (exact) mass is 409 g/mol. The van der Waals surface area contributed by atoms with Crippen LogP contribution in [0.3, 0.4) is 0 Å². The molecule has 0 spiro atoms. The highest BCUT2D eigenvalue weighted by atomic mass is 79.9. The van der Waals surface area contributed by atoms with Crippen molar-refractivity contribution in [2.45, 2.75) is 43.2 Å². The van der Waals surface area contributed by atoms with Crippen LogP contribution in [0.1, 0.15) is 43.8 Å². The first kappa shape index (κ1) is 17.3. The molecule has 2 aromatic rings. The molecule has 1 saturated carbocycles. The van der Waals surface area contributed by atoms with E-state index in [9.17, 15) is 4.79 Å². The molecule has 1 amide bonds. The van der Waals surface area contributed by atoms with Crippen LogP contribution < -0.4 is 11.2 Å². The van der Waals surface area contributed by atoms with E-state index in [0.29, 0.717) is 11.1 Å². The molecule has 0 unspecified atom stereocenters. The van der Waals surface area contributed by atoms with Gasteiger partial charge in [-0.15, -0.1) is 10.2 Å². The van der Waals surface area contributed by atoms with Gasteiger partial charge in [0.2, 0.25) is 11.1 Å². The van der Waals surface area contributed by atoms with E-state index >= 15 is 0 Å². The average molecular weight is 410 g/mol. The zero-order chi connectivity index (χ0) is 16.9. The average Bonchev–Trinajstić information content (AvgIpc) is 2.97. The predicted octanol–water partition coefficient (Wildman–Crippen LogP) is 3.53. The largest absolute Gasteiger partial charge is 0.336 e. The van der Waals surface area contributed by atoms with Crippen LogP contribution in [0.4, 0.5) is 5.69 Å². The van der Waals surface area contributed by atoms with E-state index in [2.05, 4.69) is 31.4 Å². The highest BCUT2D eigenvalue weighted by molar-refractivity contribution is 9.10. The SMILES string of the molecule is Nn1c(SCC(=O)Nc2ccccc2Br)nnc1C1CCCCC1. The summed E-state index contributed by atoms with van der Waals surface area (Å²) >= 11 is 4.71. The predicted molar refractivity (Wildman–Crippen MR) is 99.5 cm³/mol. The van der Waals surface area contributed by atoms with Crippen molar-refractivity contribution in [2.24, 2.45) is 0 Å². The third kappa shape index (κ3) is 4.10. The van der Waals surface area contributed by atoms with Crippen LogP contribution in [0.15, 0.2) is 33.9 Å². The molecule has 0 saturated heterocycles. The second kappa shape index (κ2) is 8.02. The summed E-state index contributed by atoms with van der Waals surface area (Å²) in [5.74, 6) is 7.49. The van der Waals surface area contributed by atoms with E-state index < -0.39 is 0 Å². The van der Waals surface area contributed by atoms with Crippen molar-refractivity contribution in [2.75, 3.05) is 16.9 Å². The Morgan fingerprint density at radius 2 is 2.04 bits per heavy atom. The molecule has 3 rings (SSSR count). The summed E-state index contributed by atoms with van der Waals surface area (Å²) in [6.07, 6.45) is 5.94. The normalized spacial score (nSPS) is 15.4. The molecule has 0 atom stereocenters. The first-order valence-electron chi connectivity index (χ1n) is 8.02. The number of halogens is 1. The van der Waals surface area contributed by atoms with Crippen LogP contribution in [0.5, 0.6) is 0 Å². The van der Waals surface area contributed by atoms with Gasteiger partial charge in [0.25, 0.3) is 0 Å². The summed E-state index contributed by atoms with van der Waals surface area (Å²) in [6, 6.07) is 7.51. The number of hydrogen-bond donors (Lipinski definition) is 2. The quantitative estimate of drug-likeness (QED) is 0.582. The van der Waals surface area contributed by atoms with Gasteiger partial charge in [0.1, 0.15) is 0 Å². The van der Waals surface area contributed by atoms with Gasteiger partial charge in [-0.05, 0) is 40.9 Å². The van der Waals surface area contributed by atoms with Crippen LogP contribution in [0.2, 0.25) is 0 Å². The number of nitrogen functional groups attached to an aromatic ring is 1. The van der Waals surface area contributed by atoms with Gasteiger partial charge in [0.15, 0.2) is 5.82 Å². The highest BCUT2D eigenvalue weighted by Crippen LogP contribution is 2.32. The first-order chi connectivity index (χ1) is 11.6. The van der Waals surface area contributed by atoms with E-state index in [1.165, 1.54) is 31.0 Å². The van der Waals surface area contributed by atoms with E-state index in [0.717, 1.165) is 28.8 Å².